The van der Waals surface area contributed by atoms with Gasteiger partial charge in [-0.3, -0.25) is 4.79 Å². The van der Waals surface area contributed by atoms with Crippen LogP contribution in [0.4, 0.5) is 8.78 Å². The molecule has 0 radical (unpaired) electrons. The van der Waals surface area contributed by atoms with Crippen LogP contribution in [-0.2, 0) is 0 Å². The zero-order valence-electron chi connectivity index (χ0n) is 13.9. The molecule has 0 amide bonds. The minimum absolute atomic E-state index is 0.0902. The van der Waals surface area contributed by atoms with Crippen molar-refractivity contribution in [2.75, 3.05) is 7.11 Å². The number of Topliss-reactive ketones (excluding diaryl/α,β-unsaturated/α-hetero) is 1. The third-order valence-corrected chi connectivity index (χ3v) is 4.65. The van der Waals surface area contributed by atoms with Crippen molar-refractivity contribution in [3.63, 3.8) is 0 Å². The van der Waals surface area contributed by atoms with Gasteiger partial charge in [0.15, 0.2) is 17.4 Å². The fraction of sp³-hybridized carbons (Fsp3) is 0.176. The normalized spacial score (nSPS) is 12.0. The number of methoxy groups -OCH3 is 1. The van der Waals surface area contributed by atoms with Crippen LogP contribution in [0.2, 0.25) is 0 Å². The number of carbonyl (C=O) groups is 1. The van der Waals surface area contributed by atoms with Gasteiger partial charge in [-0.2, -0.15) is 4.68 Å². The Kier molecular flexibility index (Phi) is 5.27. The number of hydrogen-bond donors (Lipinski definition) is 0. The molecule has 0 aliphatic heterocycles. The summed E-state index contributed by atoms with van der Waals surface area (Å²) in [6, 6.07) is 10.2. The lowest BCUT2D eigenvalue weighted by Gasteiger charge is -2.10. The van der Waals surface area contributed by atoms with Gasteiger partial charge in [-0.15, -0.1) is 5.10 Å². The van der Waals surface area contributed by atoms with Gasteiger partial charge < -0.3 is 4.74 Å². The van der Waals surface area contributed by atoms with E-state index >= 15 is 0 Å². The van der Waals surface area contributed by atoms with Crippen molar-refractivity contribution in [3.05, 3.63) is 59.7 Å². The van der Waals surface area contributed by atoms with Crippen LogP contribution in [0.15, 0.2) is 47.6 Å². The van der Waals surface area contributed by atoms with Crippen molar-refractivity contribution >= 4 is 17.5 Å². The van der Waals surface area contributed by atoms with Crippen LogP contribution in [0.3, 0.4) is 0 Å². The van der Waals surface area contributed by atoms with Gasteiger partial charge in [0.05, 0.1) is 18.0 Å². The number of thioether (sulfide) groups is 1. The highest BCUT2D eigenvalue weighted by molar-refractivity contribution is 8.00. The fourth-order valence-corrected chi connectivity index (χ4v) is 3.12. The molecule has 3 aromatic rings. The van der Waals surface area contributed by atoms with E-state index in [4.69, 9.17) is 4.74 Å². The van der Waals surface area contributed by atoms with Crippen LogP contribution < -0.4 is 4.74 Å². The van der Waals surface area contributed by atoms with Crippen LogP contribution in [0.25, 0.3) is 5.69 Å². The van der Waals surface area contributed by atoms with Gasteiger partial charge in [-0.05, 0) is 59.8 Å². The minimum atomic E-state index is -1.06. The molecular formula is C17H14F2N4O2S. The topological polar surface area (TPSA) is 69.9 Å². The van der Waals surface area contributed by atoms with Crippen molar-refractivity contribution in [1.82, 2.24) is 20.2 Å². The number of tetrazole rings is 1. The van der Waals surface area contributed by atoms with Gasteiger partial charge in [-0.25, -0.2) is 8.78 Å². The number of hydrogen-bond acceptors (Lipinski definition) is 6. The minimum Gasteiger partial charge on any atom is -0.497 e. The third kappa shape index (κ3) is 3.72. The van der Waals surface area contributed by atoms with Gasteiger partial charge in [0, 0.05) is 5.56 Å². The zero-order chi connectivity index (χ0) is 18.7. The second-order valence-electron chi connectivity index (χ2n) is 5.32. The van der Waals surface area contributed by atoms with Crippen LogP contribution in [0, 0.1) is 11.6 Å². The second-order valence-corrected chi connectivity index (χ2v) is 6.63. The molecule has 0 fully saturated rings. The molecule has 3 rings (SSSR count). The molecule has 0 aliphatic carbocycles. The van der Waals surface area contributed by atoms with E-state index in [1.54, 1.807) is 38.3 Å². The van der Waals surface area contributed by atoms with E-state index in [9.17, 15) is 13.6 Å². The van der Waals surface area contributed by atoms with E-state index in [0.29, 0.717) is 16.6 Å². The molecule has 0 saturated heterocycles. The van der Waals surface area contributed by atoms with E-state index < -0.39 is 16.9 Å². The standard InChI is InChI=1S/C17H14F2N4O2S/c1-10(16(24)11-3-8-14(18)15(19)9-11)26-17-20-21-22-23(17)12-4-6-13(25-2)7-5-12/h3-10H,1-2H3. The molecule has 6 nitrogen and oxygen atoms in total. The predicted molar refractivity (Wildman–Crippen MR) is 91.7 cm³/mol. The Morgan fingerprint density at radius 1 is 1.15 bits per heavy atom. The molecular weight excluding hydrogens is 362 g/mol. The summed E-state index contributed by atoms with van der Waals surface area (Å²) in [6.07, 6.45) is 0. The number of benzene rings is 2. The molecule has 1 atom stereocenters. The Morgan fingerprint density at radius 3 is 2.54 bits per heavy atom. The maximum absolute atomic E-state index is 13.3. The van der Waals surface area contributed by atoms with Gasteiger partial charge in [0.2, 0.25) is 5.16 Å². The largest absolute Gasteiger partial charge is 0.497 e. The third-order valence-electron chi connectivity index (χ3n) is 3.61. The molecule has 0 bridgehead atoms. The lowest BCUT2D eigenvalue weighted by Crippen LogP contribution is -2.15. The quantitative estimate of drug-likeness (QED) is 0.486. The number of carbonyl (C=O) groups excluding carboxylic acids is 1. The summed E-state index contributed by atoms with van der Waals surface area (Å²) in [6.45, 7) is 1.65. The Hall–Kier alpha value is -2.81. The highest BCUT2D eigenvalue weighted by Gasteiger charge is 2.21. The first kappa shape index (κ1) is 18.0. The van der Waals surface area contributed by atoms with Gasteiger partial charge in [0.1, 0.15) is 5.75 Å². The first-order chi connectivity index (χ1) is 12.5. The molecule has 1 aromatic heterocycles. The number of nitrogens with zero attached hydrogens (tertiary/aromatic N) is 4. The Morgan fingerprint density at radius 2 is 1.88 bits per heavy atom. The monoisotopic (exact) mass is 376 g/mol. The Bertz CT molecular complexity index is 931. The summed E-state index contributed by atoms with van der Waals surface area (Å²) in [5.74, 6) is -1.71. The molecule has 1 heterocycles. The van der Waals surface area contributed by atoms with Gasteiger partial charge >= 0.3 is 0 Å². The first-order valence-corrected chi connectivity index (χ1v) is 8.46. The van der Waals surface area contributed by atoms with Crippen molar-refractivity contribution in [1.29, 1.82) is 0 Å². The number of halogens is 2. The lowest BCUT2D eigenvalue weighted by molar-refractivity contribution is 0.0993. The van der Waals surface area contributed by atoms with Crippen LogP contribution in [0.1, 0.15) is 17.3 Å². The molecule has 0 N–H and O–H groups in total. The summed E-state index contributed by atoms with van der Waals surface area (Å²) in [5, 5.41) is 11.3. The van der Waals surface area contributed by atoms with E-state index in [1.165, 1.54) is 10.7 Å². The number of aromatic nitrogens is 4. The van der Waals surface area contributed by atoms with Gasteiger partial charge in [-0.1, -0.05) is 11.8 Å². The second kappa shape index (κ2) is 7.61. The SMILES string of the molecule is COc1ccc(-n2nnnc2SC(C)C(=O)c2ccc(F)c(F)c2)cc1. The molecule has 9 heteroatoms. The Labute approximate surface area is 152 Å². The average molecular weight is 376 g/mol. The Balaban J connectivity index is 1.79. The van der Waals surface area contributed by atoms with Crippen molar-refractivity contribution in [2.24, 2.45) is 0 Å². The van der Waals surface area contributed by atoms with Crippen molar-refractivity contribution in [3.8, 4) is 11.4 Å². The summed E-state index contributed by atoms with van der Waals surface area (Å²) < 4.78 is 33.0. The molecule has 134 valence electrons. The maximum atomic E-state index is 13.3. The van der Waals surface area contributed by atoms with E-state index in [-0.39, 0.29) is 11.3 Å². The molecule has 1 unspecified atom stereocenters. The van der Waals surface area contributed by atoms with Crippen LogP contribution in [-0.4, -0.2) is 38.4 Å². The van der Waals surface area contributed by atoms with E-state index in [2.05, 4.69) is 15.5 Å². The molecule has 2 aromatic carbocycles. The van der Waals surface area contributed by atoms with Crippen molar-refractivity contribution in [2.45, 2.75) is 17.3 Å². The summed E-state index contributed by atoms with van der Waals surface area (Å²) in [5.41, 5.74) is 0.790. The van der Waals surface area contributed by atoms with Crippen LogP contribution >= 0.6 is 11.8 Å². The zero-order valence-corrected chi connectivity index (χ0v) is 14.7. The van der Waals surface area contributed by atoms with Crippen LogP contribution in [0.5, 0.6) is 5.75 Å². The molecule has 0 spiro atoms. The fourth-order valence-electron chi connectivity index (χ4n) is 2.23. The first-order valence-electron chi connectivity index (χ1n) is 7.58. The molecule has 26 heavy (non-hydrogen) atoms. The lowest BCUT2D eigenvalue weighted by atomic mass is 10.1. The maximum Gasteiger partial charge on any atom is 0.214 e. The summed E-state index contributed by atoms with van der Waals surface area (Å²) >= 11 is 1.12. The molecule has 0 saturated carbocycles. The van der Waals surface area contributed by atoms with Gasteiger partial charge in [0.25, 0.3) is 0 Å². The number of ether oxygens (including phenoxy) is 1. The molecule has 0 aliphatic rings. The number of rotatable bonds is 6. The smallest absolute Gasteiger partial charge is 0.214 e. The number of ketones is 1. The van der Waals surface area contributed by atoms with E-state index in [0.717, 1.165) is 23.9 Å². The summed E-state index contributed by atoms with van der Waals surface area (Å²) in [7, 11) is 1.57. The highest BCUT2D eigenvalue weighted by Crippen LogP contribution is 2.26. The highest BCUT2D eigenvalue weighted by atomic mass is 32.2. The van der Waals surface area contributed by atoms with E-state index in [1.807, 2.05) is 0 Å². The summed E-state index contributed by atoms with van der Waals surface area (Å²) in [4.78, 5) is 12.5. The average Bonchev–Trinajstić information content (AvgIpc) is 3.11. The predicted octanol–water partition coefficient (Wildman–Crippen LogP) is 3.31. The van der Waals surface area contributed by atoms with Crippen molar-refractivity contribution < 1.29 is 18.3 Å².